The summed E-state index contributed by atoms with van der Waals surface area (Å²) in [5.41, 5.74) is 1.72. The SMILES string of the molecule is Cc1ccn(CCC(=O)NCc2nnc(SCC3CCCCC3)n2-c2ccc(F)cc2)n1. The van der Waals surface area contributed by atoms with Crippen LogP contribution in [-0.2, 0) is 17.9 Å². The summed E-state index contributed by atoms with van der Waals surface area (Å²) < 4.78 is 17.2. The standard InChI is InChI=1S/C23H29FN6OS/c1-17-11-13-29(28-17)14-12-22(31)25-15-21-26-27-23(32-16-18-5-3-2-4-6-18)30(21)20-9-7-19(24)8-10-20/h7-11,13,18H,2-6,12,14-16H2,1H3,(H,25,31). The Morgan fingerprint density at radius 2 is 1.94 bits per heavy atom. The van der Waals surface area contributed by atoms with Gasteiger partial charge in [-0.1, -0.05) is 31.0 Å². The maximum Gasteiger partial charge on any atom is 0.222 e. The molecule has 2 heterocycles. The predicted molar refractivity (Wildman–Crippen MR) is 122 cm³/mol. The summed E-state index contributed by atoms with van der Waals surface area (Å²) in [7, 11) is 0. The van der Waals surface area contributed by atoms with Crippen LogP contribution in [0.5, 0.6) is 0 Å². The lowest BCUT2D eigenvalue weighted by Crippen LogP contribution is -2.25. The second-order valence-corrected chi connectivity index (χ2v) is 9.26. The molecule has 0 bridgehead atoms. The fourth-order valence-electron chi connectivity index (χ4n) is 3.97. The van der Waals surface area contributed by atoms with E-state index in [1.165, 1.54) is 44.2 Å². The Kier molecular flexibility index (Phi) is 7.57. The summed E-state index contributed by atoms with van der Waals surface area (Å²) in [5, 5.41) is 16.7. The molecule has 4 rings (SSSR count). The van der Waals surface area contributed by atoms with Gasteiger partial charge in [-0.2, -0.15) is 5.10 Å². The Bertz CT molecular complexity index is 1030. The van der Waals surface area contributed by atoms with E-state index in [1.54, 1.807) is 28.6 Å². The average molecular weight is 457 g/mol. The number of benzene rings is 1. The van der Waals surface area contributed by atoms with E-state index in [1.807, 2.05) is 23.8 Å². The number of hydrogen-bond acceptors (Lipinski definition) is 5. The molecule has 1 N–H and O–H groups in total. The Labute approximate surface area is 191 Å². The summed E-state index contributed by atoms with van der Waals surface area (Å²) in [6.07, 6.45) is 8.64. The molecule has 1 fully saturated rings. The number of nitrogens with one attached hydrogen (secondary N) is 1. The van der Waals surface area contributed by atoms with Gasteiger partial charge < -0.3 is 5.32 Å². The molecule has 0 radical (unpaired) electrons. The van der Waals surface area contributed by atoms with Crippen LogP contribution in [0.2, 0.25) is 0 Å². The lowest BCUT2D eigenvalue weighted by molar-refractivity contribution is -0.121. The molecule has 0 saturated heterocycles. The van der Waals surface area contributed by atoms with Gasteiger partial charge in [-0.25, -0.2) is 4.39 Å². The van der Waals surface area contributed by atoms with Crippen molar-refractivity contribution in [1.82, 2.24) is 29.9 Å². The minimum atomic E-state index is -0.290. The van der Waals surface area contributed by atoms with Crippen LogP contribution in [0.1, 0.15) is 50.0 Å². The van der Waals surface area contributed by atoms with Crippen molar-refractivity contribution < 1.29 is 9.18 Å². The van der Waals surface area contributed by atoms with E-state index in [0.717, 1.165) is 22.3 Å². The molecule has 170 valence electrons. The van der Waals surface area contributed by atoms with E-state index in [0.29, 0.717) is 24.7 Å². The smallest absolute Gasteiger partial charge is 0.222 e. The van der Waals surface area contributed by atoms with Crippen molar-refractivity contribution in [2.24, 2.45) is 5.92 Å². The van der Waals surface area contributed by atoms with Crippen molar-refractivity contribution in [2.75, 3.05) is 5.75 Å². The fourth-order valence-corrected chi connectivity index (χ4v) is 5.13. The number of thioether (sulfide) groups is 1. The first kappa shape index (κ1) is 22.5. The first-order valence-corrected chi connectivity index (χ1v) is 12.2. The van der Waals surface area contributed by atoms with Gasteiger partial charge in [0.15, 0.2) is 11.0 Å². The second-order valence-electron chi connectivity index (χ2n) is 8.27. The summed E-state index contributed by atoms with van der Waals surface area (Å²) in [5.74, 6) is 1.95. The first-order chi connectivity index (χ1) is 15.6. The van der Waals surface area contributed by atoms with E-state index < -0.39 is 0 Å². The zero-order chi connectivity index (χ0) is 22.3. The van der Waals surface area contributed by atoms with Gasteiger partial charge in [0, 0.05) is 30.6 Å². The van der Waals surface area contributed by atoms with E-state index >= 15 is 0 Å². The van der Waals surface area contributed by atoms with Crippen molar-refractivity contribution >= 4 is 17.7 Å². The van der Waals surface area contributed by atoms with E-state index in [4.69, 9.17) is 0 Å². The maximum atomic E-state index is 13.5. The summed E-state index contributed by atoms with van der Waals surface area (Å²) in [6.45, 7) is 2.70. The molecule has 1 saturated carbocycles. The number of nitrogens with zero attached hydrogens (tertiary/aromatic N) is 5. The van der Waals surface area contributed by atoms with Crippen LogP contribution in [0.25, 0.3) is 5.69 Å². The molecule has 7 nitrogen and oxygen atoms in total. The van der Waals surface area contributed by atoms with E-state index in [-0.39, 0.29) is 18.3 Å². The highest BCUT2D eigenvalue weighted by molar-refractivity contribution is 7.99. The molecule has 32 heavy (non-hydrogen) atoms. The third-order valence-electron chi connectivity index (χ3n) is 5.74. The van der Waals surface area contributed by atoms with Gasteiger partial charge in [0.1, 0.15) is 5.82 Å². The highest BCUT2D eigenvalue weighted by Crippen LogP contribution is 2.30. The number of rotatable bonds is 9. The number of amides is 1. The molecule has 1 aromatic carbocycles. The second kappa shape index (κ2) is 10.8. The molecule has 0 atom stereocenters. The monoisotopic (exact) mass is 456 g/mol. The van der Waals surface area contributed by atoms with Gasteiger partial charge in [-0.15, -0.1) is 10.2 Å². The minimum absolute atomic E-state index is 0.0804. The maximum absolute atomic E-state index is 13.5. The molecular weight excluding hydrogens is 427 g/mol. The van der Waals surface area contributed by atoms with Crippen molar-refractivity contribution in [2.45, 2.75) is 63.7 Å². The molecule has 0 aliphatic heterocycles. The largest absolute Gasteiger partial charge is 0.349 e. The number of carbonyl (C=O) groups is 1. The lowest BCUT2D eigenvalue weighted by atomic mass is 9.91. The first-order valence-electron chi connectivity index (χ1n) is 11.2. The summed E-state index contributed by atoms with van der Waals surface area (Å²) in [4.78, 5) is 12.4. The van der Waals surface area contributed by atoms with Crippen molar-refractivity contribution in [1.29, 1.82) is 0 Å². The predicted octanol–water partition coefficient (Wildman–Crippen LogP) is 4.29. The van der Waals surface area contributed by atoms with Crippen molar-refractivity contribution in [3.05, 3.63) is 53.9 Å². The minimum Gasteiger partial charge on any atom is -0.349 e. The van der Waals surface area contributed by atoms with E-state index in [2.05, 4.69) is 20.6 Å². The van der Waals surface area contributed by atoms with Gasteiger partial charge in [0.2, 0.25) is 5.91 Å². The number of carbonyl (C=O) groups excluding carboxylic acids is 1. The molecule has 1 aliphatic rings. The average Bonchev–Trinajstić information content (AvgIpc) is 3.42. The molecule has 9 heteroatoms. The Morgan fingerprint density at radius 3 is 2.66 bits per heavy atom. The van der Waals surface area contributed by atoms with Gasteiger partial charge in [-0.3, -0.25) is 14.0 Å². The van der Waals surface area contributed by atoms with Crippen LogP contribution < -0.4 is 5.32 Å². The topological polar surface area (TPSA) is 77.6 Å². The Balaban J connectivity index is 1.42. The number of aryl methyl sites for hydroxylation is 2. The molecular formula is C23H29FN6OS. The van der Waals surface area contributed by atoms with Crippen molar-refractivity contribution in [3.63, 3.8) is 0 Å². The van der Waals surface area contributed by atoms with Crippen LogP contribution in [0.3, 0.4) is 0 Å². The summed E-state index contributed by atoms with van der Waals surface area (Å²) in [6, 6.07) is 8.21. The van der Waals surface area contributed by atoms with Crippen LogP contribution in [0, 0.1) is 18.7 Å². The number of halogens is 1. The van der Waals surface area contributed by atoms with E-state index in [9.17, 15) is 9.18 Å². The van der Waals surface area contributed by atoms with Gasteiger partial charge in [0.25, 0.3) is 0 Å². The van der Waals surface area contributed by atoms with Crippen LogP contribution in [0.15, 0.2) is 41.7 Å². The third-order valence-corrected chi connectivity index (χ3v) is 6.90. The van der Waals surface area contributed by atoms with Crippen molar-refractivity contribution in [3.8, 4) is 5.69 Å². The molecule has 2 aromatic heterocycles. The molecule has 1 aliphatic carbocycles. The molecule has 0 spiro atoms. The number of aromatic nitrogens is 5. The normalized spacial score (nSPS) is 14.6. The zero-order valence-electron chi connectivity index (χ0n) is 18.3. The van der Waals surface area contributed by atoms with Gasteiger partial charge in [-0.05, 0) is 56.0 Å². The highest BCUT2D eigenvalue weighted by Gasteiger charge is 2.19. The van der Waals surface area contributed by atoms with Gasteiger partial charge >= 0.3 is 0 Å². The molecule has 3 aromatic rings. The van der Waals surface area contributed by atoms with Crippen LogP contribution in [0.4, 0.5) is 4.39 Å². The lowest BCUT2D eigenvalue weighted by Gasteiger charge is -2.20. The zero-order valence-corrected chi connectivity index (χ0v) is 19.2. The molecule has 0 unspecified atom stereocenters. The Morgan fingerprint density at radius 1 is 1.16 bits per heavy atom. The number of hydrogen-bond donors (Lipinski definition) is 1. The van der Waals surface area contributed by atoms with Crippen LogP contribution >= 0.6 is 11.8 Å². The Hall–Kier alpha value is -2.68. The molecule has 1 amide bonds. The summed E-state index contributed by atoms with van der Waals surface area (Å²) >= 11 is 1.69. The van der Waals surface area contributed by atoms with Crippen LogP contribution in [-0.4, -0.2) is 36.2 Å². The van der Waals surface area contributed by atoms with Gasteiger partial charge in [0.05, 0.1) is 12.2 Å². The highest BCUT2D eigenvalue weighted by atomic mass is 32.2. The fraction of sp³-hybridized carbons (Fsp3) is 0.478. The quantitative estimate of drug-likeness (QED) is 0.486. The third kappa shape index (κ3) is 5.97.